The SMILES string of the molecule is CC(O)(C(F)F)C(CCNC(=O)c1ccc(C#Cc2ccccc2)cc1)C(=O)NO. The molecule has 2 aromatic rings. The zero-order valence-corrected chi connectivity index (χ0v) is 16.2. The normalized spacial score (nSPS) is 13.5. The molecule has 2 aromatic carbocycles. The Balaban J connectivity index is 1.96. The maximum Gasteiger partial charge on any atom is 0.267 e. The fraction of sp³-hybridized carbons (Fsp3) is 0.273. The van der Waals surface area contributed by atoms with E-state index in [4.69, 9.17) is 5.21 Å². The molecule has 30 heavy (non-hydrogen) atoms. The molecule has 0 heterocycles. The van der Waals surface area contributed by atoms with E-state index < -0.39 is 29.8 Å². The van der Waals surface area contributed by atoms with Gasteiger partial charge in [-0.1, -0.05) is 30.0 Å². The molecule has 2 unspecified atom stereocenters. The Kier molecular flexibility index (Phi) is 8.04. The summed E-state index contributed by atoms with van der Waals surface area (Å²) in [7, 11) is 0. The van der Waals surface area contributed by atoms with Crippen LogP contribution in [0.1, 0.15) is 34.8 Å². The third kappa shape index (κ3) is 6.11. The third-order valence-corrected chi connectivity index (χ3v) is 4.56. The second kappa shape index (κ2) is 10.5. The highest BCUT2D eigenvalue weighted by Gasteiger charge is 2.44. The summed E-state index contributed by atoms with van der Waals surface area (Å²) < 4.78 is 26.0. The van der Waals surface area contributed by atoms with E-state index >= 15 is 0 Å². The van der Waals surface area contributed by atoms with Crippen molar-refractivity contribution >= 4 is 11.8 Å². The quantitative estimate of drug-likeness (QED) is 0.316. The fourth-order valence-electron chi connectivity index (χ4n) is 2.72. The molecule has 0 spiro atoms. The van der Waals surface area contributed by atoms with Crippen LogP contribution in [-0.2, 0) is 4.79 Å². The molecule has 0 radical (unpaired) electrons. The van der Waals surface area contributed by atoms with Crippen molar-refractivity contribution in [1.29, 1.82) is 0 Å². The summed E-state index contributed by atoms with van der Waals surface area (Å²) in [6.45, 7) is 0.643. The summed E-state index contributed by atoms with van der Waals surface area (Å²) in [6.07, 6.45) is -3.50. The average molecular weight is 416 g/mol. The van der Waals surface area contributed by atoms with E-state index in [1.807, 2.05) is 30.3 Å². The van der Waals surface area contributed by atoms with Crippen LogP contribution in [0, 0.1) is 17.8 Å². The number of carbonyl (C=O) groups is 2. The predicted molar refractivity (Wildman–Crippen MR) is 106 cm³/mol. The van der Waals surface area contributed by atoms with Crippen LogP contribution in [0.25, 0.3) is 0 Å². The van der Waals surface area contributed by atoms with Gasteiger partial charge in [0.15, 0.2) is 0 Å². The van der Waals surface area contributed by atoms with Crippen molar-refractivity contribution < 1.29 is 28.7 Å². The number of rotatable bonds is 7. The number of aliphatic hydroxyl groups is 1. The summed E-state index contributed by atoms with van der Waals surface area (Å²) in [5, 5.41) is 21.1. The first-order valence-electron chi connectivity index (χ1n) is 9.15. The van der Waals surface area contributed by atoms with E-state index in [-0.39, 0.29) is 13.0 Å². The van der Waals surface area contributed by atoms with Gasteiger partial charge in [0.2, 0.25) is 5.91 Å². The molecule has 0 bridgehead atoms. The fourth-order valence-corrected chi connectivity index (χ4v) is 2.72. The molecular weight excluding hydrogens is 394 g/mol. The molecule has 0 aliphatic heterocycles. The van der Waals surface area contributed by atoms with Crippen LogP contribution >= 0.6 is 0 Å². The molecule has 0 aliphatic rings. The number of hydrogen-bond acceptors (Lipinski definition) is 4. The first-order valence-corrected chi connectivity index (χ1v) is 9.15. The standard InChI is InChI=1S/C22H22F2N2O4/c1-22(29,21(23)24)18(20(28)26-30)13-14-25-19(27)17-11-9-16(10-12-17)8-7-15-5-3-2-4-6-15/h2-6,9-12,18,21,29-30H,13-14H2,1H3,(H,25,27)(H,26,28). The number of halogens is 2. The van der Waals surface area contributed by atoms with Gasteiger partial charge in [-0.05, 0) is 49.7 Å². The minimum absolute atomic E-state index is 0.157. The first kappa shape index (κ1) is 23.0. The molecule has 0 saturated carbocycles. The Morgan fingerprint density at radius 2 is 1.60 bits per heavy atom. The maximum absolute atomic E-state index is 13.0. The lowest BCUT2D eigenvalue weighted by Gasteiger charge is -2.30. The topological polar surface area (TPSA) is 98.7 Å². The van der Waals surface area contributed by atoms with Crippen LogP contribution < -0.4 is 10.8 Å². The van der Waals surface area contributed by atoms with Crippen molar-refractivity contribution in [2.24, 2.45) is 5.92 Å². The lowest BCUT2D eigenvalue weighted by molar-refractivity contribution is -0.159. The Hall–Kier alpha value is -3.28. The monoisotopic (exact) mass is 416 g/mol. The van der Waals surface area contributed by atoms with E-state index in [0.29, 0.717) is 11.1 Å². The van der Waals surface area contributed by atoms with Crippen LogP contribution in [0.15, 0.2) is 54.6 Å². The smallest absolute Gasteiger partial charge is 0.267 e. The highest BCUT2D eigenvalue weighted by atomic mass is 19.3. The van der Waals surface area contributed by atoms with Crippen LogP contribution in [0.2, 0.25) is 0 Å². The molecule has 0 aromatic heterocycles. The molecule has 4 N–H and O–H groups in total. The van der Waals surface area contributed by atoms with E-state index in [1.54, 1.807) is 24.3 Å². The molecule has 0 saturated heterocycles. The van der Waals surface area contributed by atoms with E-state index in [9.17, 15) is 23.5 Å². The van der Waals surface area contributed by atoms with Gasteiger partial charge in [0.1, 0.15) is 5.60 Å². The third-order valence-electron chi connectivity index (χ3n) is 4.56. The van der Waals surface area contributed by atoms with Crippen molar-refractivity contribution in [2.45, 2.75) is 25.4 Å². The summed E-state index contributed by atoms with van der Waals surface area (Å²) in [5.74, 6) is 2.74. The van der Waals surface area contributed by atoms with E-state index in [0.717, 1.165) is 12.5 Å². The number of nitrogens with one attached hydrogen (secondary N) is 2. The second-order valence-corrected chi connectivity index (χ2v) is 6.79. The minimum Gasteiger partial charge on any atom is -0.383 e. The Morgan fingerprint density at radius 3 is 2.13 bits per heavy atom. The number of alkyl halides is 2. The average Bonchev–Trinajstić information content (AvgIpc) is 2.75. The highest BCUT2D eigenvalue weighted by molar-refractivity contribution is 5.94. The summed E-state index contributed by atoms with van der Waals surface area (Å²) in [5.41, 5.74) is 0.508. The Bertz CT molecular complexity index is 920. The molecule has 8 heteroatoms. The summed E-state index contributed by atoms with van der Waals surface area (Å²) >= 11 is 0. The molecule has 0 fully saturated rings. The number of carbonyl (C=O) groups excluding carboxylic acids is 2. The Morgan fingerprint density at radius 1 is 1.03 bits per heavy atom. The zero-order chi connectivity index (χ0) is 22.1. The minimum atomic E-state index is -3.21. The molecule has 2 atom stereocenters. The second-order valence-electron chi connectivity index (χ2n) is 6.79. The van der Waals surface area contributed by atoms with Crippen LogP contribution in [0.3, 0.4) is 0 Å². The van der Waals surface area contributed by atoms with Gasteiger partial charge in [-0.3, -0.25) is 14.8 Å². The molecule has 158 valence electrons. The van der Waals surface area contributed by atoms with E-state index in [1.165, 1.54) is 5.48 Å². The molecular formula is C22H22F2N2O4. The van der Waals surface area contributed by atoms with Crippen molar-refractivity contribution in [3.05, 3.63) is 71.3 Å². The maximum atomic E-state index is 13.0. The number of benzene rings is 2. The van der Waals surface area contributed by atoms with Crippen molar-refractivity contribution in [2.75, 3.05) is 6.54 Å². The van der Waals surface area contributed by atoms with E-state index in [2.05, 4.69) is 17.2 Å². The van der Waals surface area contributed by atoms with Crippen molar-refractivity contribution in [1.82, 2.24) is 10.8 Å². The zero-order valence-electron chi connectivity index (χ0n) is 16.2. The largest absolute Gasteiger partial charge is 0.383 e. The van der Waals surface area contributed by atoms with Gasteiger partial charge in [0, 0.05) is 23.2 Å². The Labute approximate surface area is 172 Å². The highest BCUT2D eigenvalue weighted by Crippen LogP contribution is 2.27. The van der Waals surface area contributed by atoms with Gasteiger partial charge in [-0.25, -0.2) is 14.3 Å². The predicted octanol–water partition coefficient (Wildman–Crippen LogP) is 2.34. The molecule has 0 aliphatic carbocycles. The molecule has 2 amide bonds. The first-order chi connectivity index (χ1) is 14.3. The van der Waals surface area contributed by atoms with Gasteiger partial charge in [0.05, 0.1) is 5.92 Å². The lowest BCUT2D eigenvalue weighted by atomic mass is 9.86. The van der Waals surface area contributed by atoms with Crippen molar-refractivity contribution in [3.8, 4) is 11.8 Å². The van der Waals surface area contributed by atoms with Crippen LogP contribution in [-0.4, -0.2) is 40.7 Å². The van der Waals surface area contributed by atoms with Crippen molar-refractivity contribution in [3.63, 3.8) is 0 Å². The summed E-state index contributed by atoms with van der Waals surface area (Å²) in [4.78, 5) is 23.9. The lowest BCUT2D eigenvalue weighted by Crippen LogP contribution is -2.50. The van der Waals surface area contributed by atoms with Gasteiger partial charge >= 0.3 is 0 Å². The number of hydrogen-bond donors (Lipinski definition) is 4. The molecule has 6 nitrogen and oxygen atoms in total. The summed E-state index contributed by atoms with van der Waals surface area (Å²) in [6, 6.07) is 15.9. The number of amides is 2. The molecule has 2 rings (SSSR count). The van der Waals surface area contributed by atoms with Gasteiger partial charge < -0.3 is 10.4 Å². The van der Waals surface area contributed by atoms with Gasteiger partial charge in [-0.15, -0.1) is 0 Å². The van der Waals surface area contributed by atoms with Crippen LogP contribution in [0.4, 0.5) is 8.78 Å². The van der Waals surface area contributed by atoms with Gasteiger partial charge in [0.25, 0.3) is 12.3 Å². The number of hydroxylamine groups is 1. The van der Waals surface area contributed by atoms with Gasteiger partial charge in [-0.2, -0.15) is 0 Å². The van der Waals surface area contributed by atoms with Crippen LogP contribution in [0.5, 0.6) is 0 Å².